The average Bonchev–Trinajstić information content (AvgIpc) is 2.57. The van der Waals surface area contributed by atoms with Crippen molar-refractivity contribution in [2.24, 2.45) is 5.73 Å². The van der Waals surface area contributed by atoms with Gasteiger partial charge >= 0.3 is 0 Å². The van der Waals surface area contributed by atoms with Crippen molar-refractivity contribution in [3.63, 3.8) is 0 Å². The van der Waals surface area contributed by atoms with Crippen LogP contribution in [0, 0.1) is 6.92 Å². The third-order valence-electron chi connectivity index (χ3n) is 3.57. The molecule has 23 heavy (non-hydrogen) atoms. The molecule has 122 valence electrons. The minimum absolute atomic E-state index is 0.0308. The molecule has 0 aromatic heterocycles. The predicted molar refractivity (Wildman–Crippen MR) is 92.3 cm³/mol. The van der Waals surface area contributed by atoms with Gasteiger partial charge < -0.3 is 15.8 Å². The van der Waals surface area contributed by atoms with Gasteiger partial charge in [0.2, 0.25) is 5.91 Å². The van der Waals surface area contributed by atoms with Gasteiger partial charge in [0.05, 0.1) is 6.61 Å². The molecular formula is C19H24N2O2. The Bertz CT molecular complexity index is 597. The number of amides is 1. The summed E-state index contributed by atoms with van der Waals surface area (Å²) in [5.74, 6) is 0.824. The molecule has 0 spiro atoms. The monoisotopic (exact) mass is 312 g/mol. The molecule has 1 atom stereocenters. The van der Waals surface area contributed by atoms with Gasteiger partial charge in [-0.25, -0.2) is 0 Å². The lowest BCUT2D eigenvalue weighted by Crippen LogP contribution is -2.29. The number of benzene rings is 2. The van der Waals surface area contributed by atoms with Crippen molar-refractivity contribution < 1.29 is 9.53 Å². The molecule has 0 saturated heterocycles. The number of nitrogens with one attached hydrogen (secondary N) is 1. The number of nitrogens with two attached hydrogens (primary N) is 1. The minimum Gasteiger partial charge on any atom is -0.494 e. The van der Waals surface area contributed by atoms with Gasteiger partial charge in [-0.2, -0.15) is 0 Å². The van der Waals surface area contributed by atoms with Crippen molar-refractivity contribution in [3.05, 3.63) is 65.7 Å². The zero-order valence-corrected chi connectivity index (χ0v) is 13.5. The highest BCUT2D eigenvalue weighted by atomic mass is 16.5. The maximum atomic E-state index is 11.9. The van der Waals surface area contributed by atoms with E-state index in [2.05, 4.69) is 5.32 Å². The zero-order valence-electron chi connectivity index (χ0n) is 13.5. The molecular weight excluding hydrogens is 288 g/mol. The van der Waals surface area contributed by atoms with Crippen LogP contribution in [0.15, 0.2) is 54.6 Å². The van der Waals surface area contributed by atoms with E-state index in [0.717, 1.165) is 17.7 Å². The van der Waals surface area contributed by atoms with Crippen LogP contribution < -0.4 is 15.8 Å². The Labute approximate surface area is 137 Å². The molecule has 2 rings (SSSR count). The van der Waals surface area contributed by atoms with E-state index in [4.69, 9.17) is 10.5 Å². The van der Waals surface area contributed by atoms with Crippen LogP contribution in [0.5, 0.6) is 5.75 Å². The maximum Gasteiger partial charge on any atom is 0.221 e. The SMILES string of the molecule is Cc1ccc(OCCCNC(=O)CC(N)c2ccccc2)cc1. The van der Waals surface area contributed by atoms with Gasteiger partial charge in [-0.1, -0.05) is 48.0 Å². The number of ether oxygens (including phenoxy) is 1. The van der Waals surface area contributed by atoms with Crippen molar-refractivity contribution >= 4 is 5.91 Å². The lowest BCUT2D eigenvalue weighted by atomic mass is 10.0. The van der Waals surface area contributed by atoms with Gasteiger partial charge in [-0.05, 0) is 31.0 Å². The van der Waals surface area contributed by atoms with Crippen LogP contribution in [0.4, 0.5) is 0 Å². The molecule has 0 aliphatic rings. The van der Waals surface area contributed by atoms with E-state index >= 15 is 0 Å². The van der Waals surface area contributed by atoms with Gasteiger partial charge in [-0.15, -0.1) is 0 Å². The van der Waals surface area contributed by atoms with Crippen LogP contribution in [-0.4, -0.2) is 19.1 Å². The molecule has 0 radical (unpaired) electrons. The first-order valence-corrected chi connectivity index (χ1v) is 7.92. The van der Waals surface area contributed by atoms with Gasteiger partial charge in [0.15, 0.2) is 0 Å². The summed E-state index contributed by atoms with van der Waals surface area (Å²) in [4.78, 5) is 11.9. The quantitative estimate of drug-likeness (QED) is 0.737. The van der Waals surface area contributed by atoms with Gasteiger partial charge in [-0.3, -0.25) is 4.79 Å². The van der Waals surface area contributed by atoms with Crippen molar-refractivity contribution in [3.8, 4) is 5.75 Å². The third kappa shape index (κ3) is 6.12. The van der Waals surface area contributed by atoms with E-state index in [0.29, 0.717) is 19.6 Å². The lowest BCUT2D eigenvalue weighted by molar-refractivity contribution is -0.121. The second kappa shape index (κ2) is 8.96. The maximum absolute atomic E-state index is 11.9. The first kappa shape index (κ1) is 17.0. The third-order valence-corrected chi connectivity index (χ3v) is 3.57. The van der Waals surface area contributed by atoms with Crippen molar-refractivity contribution in [1.82, 2.24) is 5.32 Å². The van der Waals surface area contributed by atoms with E-state index in [1.807, 2.05) is 61.5 Å². The van der Waals surface area contributed by atoms with Crippen LogP contribution in [-0.2, 0) is 4.79 Å². The molecule has 3 N–H and O–H groups in total. The van der Waals surface area contributed by atoms with Crippen molar-refractivity contribution in [2.45, 2.75) is 25.8 Å². The minimum atomic E-state index is -0.264. The smallest absolute Gasteiger partial charge is 0.221 e. The van der Waals surface area contributed by atoms with Crippen molar-refractivity contribution in [2.75, 3.05) is 13.2 Å². The van der Waals surface area contributed by atoms with E-state index in [1.165, 1.54) is 5.56 Å². The Morgan fingerprint density at radius 1 is 1.13 bits per heavy atom. The Morgan fingerprint density at radius 2 is 1.83 bits per heavy atom. The second-order valence-corrected chi connectivity index (χ2v) is 5.59. The summed E-state index contributed by atoms with van der Waals surface area (Å²) in [7, 11) is 0. The first-order valence-electron chi connectivity index (χ1n) is 7.92. The van der Waals surface area contributed by atoms with Crippen LogP contribution >= 0.6 is 0 Å². The summed E-state index contributed by atoms with van der Waals surface area (Å²) in [6.45, 7) is 3.21. The lowest BCUT2D eigenvalue weighted by Gasteiger charge is -2.12. The molecule has 0 heterocycles. The summed E-state index contributed by atoms with van der Waals surface area (Å²) in [5, 5.41) is 2.88. The standard InChI is InChI=1S/C19H24N2O2/c1-15-8-10-17(11-9-15)23-13-5-12-21-19(22)14-18(20)16-6-3-2-4-7-16/h2-4,6-11,18H,5,12-14,20H2,1H3,(H,21,22). The highest BCUT2D eigenvalue weighted by Crippen LogP contribution is 2.13. The number of carbonyl (C=O) groups is 1. The predicted octanol–water partition coefficient (Wildman–Crippen LogP) is 2.97. The van der Waals surface area contributed by atoms with Gasteiger partial charge in [0, 0.05) is 19.0 Å². The topological polar surface area (TPSA) is 64.3 Å². The molecule has 0 aliphatic carbocycles. The van der Waals surface area contributed by atoms with Crippen LogP contribution in [0.3, 0.4) is 0 Å². The molecule has 1 amide bonds. The van der Waals surface area contributed by atoms with Gasteiger partial charge in [0.25, 0.3) is 0 Å². The average molecular weight is 312 g/mol. The van der Waals surface area contributed by atoms with Gasteiger partial charge in [0.1, 0.15) is 5.75 Å². The number of rotatable bonds is 8. The number of hydrogen-bond donors (Lipinski definition) is 2. The molecule has 4 heteroatoms. The second-order valence-electron chi connectivity index (χ2n) is 5.59. The number of hydrogen-bond acceptors (Lipinski definition) is 3. The summed E-state index contributed by atoms with van der Waals surface area (Å²) >= 11 is 0. The Balaban J connectivity index is 1.60. The van der Waals surface area contributed by atoms with E-state index < -0.39 is 0 Å². The van der Waals surface area contributed by atoms with Crippen LogP contribution in [0.1, 0.15) is 30.0 Å². The van der Waals surface area contributed by atoms with E-state index in [-0.39, 0.29) is 11.9 Å². The summed E-state index contributed by atoms with van der Waals surface area (Å²) < 4.78 is 5.62. The molecule has 2 aromatic rings. The van der Waals surface area contributed by atoms with Crippen LogP contribution in [0.2, 0.25) is 0 Å². The highest BCUT2D eigenvalue weighted by Gasteiger charge is 2.10. The molecule has 0 fully saturated rings. The fourth-order valence-electron chi connectivity index (χ4n) is 2.21. The largest absolute Gasteiger partial charge is 0.494 e. The summed E-state index contributed by atoms with van der Waals surface area (Å²) in [6, 6.07) is 17.3. The molecule has 0 aliphatic heterocycles. The summed E-state index contributed by atoms with van der Waals surface area (Å²) in [6.07, 6.45) is 1.06. The number of carbonyl (C=O) groups excluding carboxylic acids is 1. The first-order chi connectivity index (χ1) is 11.1. The Morgan fingerprint density at radius 3 is 2.52 bits per heavy atom. The molecule has 0 bridgehead atoms. The van der Waals surface area contributed by atoms with E-state index in [9.17, 15) is 4.79 Å². The van der Waals surface area contributed by atoms with Crippen LogP contribution in [0.25, 0.3) is 0 Å². The molecule has 2 aromatic carbocycles. The zero-order chi connectivity index (χ0) is 16.5. The molecule has 0 saturated carbocycles. The van der Waals surface area contributed by atoms with Crippen molar-refractivity contribution in [1.29, 1.82) is 0 Å². The Hall–Kier alpha value is -2.33. The fourth-order valence-corrected chi connectivity index (χ4v) is 2.21. The Kier molecular flexibility index (Phi) is 6.63. The molecule has 1 unspecified atom stereocenters. The highest BCUT2D eigenvalue weighted by molar-refractivity contribution is 5.76. The van der Waals surface area contributed by atoms with E-state index in [1.54, 1.807) is 0 Å². The number of aryl methyl sites for hydroxylation is 1. The normalized spacial score (nSPS) is 11.7. The molecule has 4 nitrogen and oxygen atoms in total. The fraction of sp³-hybridized carbons (Fsp3) is 0.316. The summed E-state index contributed by atoms with van der Waals surface area (Å²) in [5.41, 5.74) is 8.21.